The maximum atomic E-state index is 13.6. The topological polar surface area (TPSA) is 61.8 Å². The van der Waals surface area contributed by atoms with Crippen molar-refractivity contribution in [3.8, 4) is 0 Å². The number of thiophene rings is 1. The molecular formula is C25H21ClFN3O2S. The van der Waals surface area contributed by atoms with Crippen molar-refractivity contribution < 1.29 is 14.0 Å². The van der Waals surface area contributed by atoms with Gasteiger partial charge in [-0.3, -0.25) is 19.5 Å². The van der Waals surface area contributed by atoms with E-state index in [1.165, 1.54) is 22.6 Å². The number of nitrogens with zero attached hydrogens (tertiary/aromatic N) is 2. The van der Waals surface area contributed by atoms with Crippen LogP contribution in [0.1, 0.15) is 34.4 Å². The number of aryl methyl sites for hydroxylation is 1. The molecule has 8 heteroatoms. The molecule has 1 aliphatic heterocycles. The molecule has 1 aliphatic carbocycles. The molecule has 1 aromatic heterocycles. The lowest BCUT2D eigenvalue weighted by Crippen LogP contribution is -2.38. The van der Waals surface area contributed by atoms with Gasteiger partial charge in [0.1, 0.15) is 23.9 Å². The highest BCUT2D eigenvalue weighted by atomic mass is 35.5. The molecular weight excluding hydrogens is 461 g/mol. The van der Waals surface area contributed by atoms with Crippen LogP contribution in [0, 0.1) is 5.82 Å². The molecule has 0 unspecified atom stereocenters. The lowest BCUT2D eigenvalue weighted by molar-refractivity contribution is -0.120. The van der Waals surface area contributed by atoms with Crippen molar-refractivity contribution in [3.05, 3.63) is 80.9 Å². The summed E-state index contributed by atoms with van der Waals surface area (Å²) in [5, 5.41) is 4.16. The minimum Gasteiger partial charge on any atom is -0.325 e. The van der Waals surface area contributed by atoms with Crippen molar-refractivity contribution in [2.24, 2.45) is 4.99 Å². The normalized spacial score (nSPS) is 15.4. The van der Waals surface area contributed by atoms with Gasteiger partial charge in [0.2, 0.25) is 11.8 Å². The lowest BCUT2D eigenvalue weighted by atomic mass is 9.91. The fourth-order valence-corrected chi connectivity index (χ4v) is 5.82. The molecule has 0 bridgehead atoms. The van der Waals surface area contributed by atoms with E-state index < -0.39 is 0 Å². The van der Waals surface area contributed by atoms with E-state index in [-0.39, 0.29) is 30.7 Å². The van der Waals surface area contributed by atoms with E-state index in [0.717, 1.165) is 41.8 Å². The molecule has 2 heterocycles. The van der Waals surface area contributed by atoms with E-state index in [4.69, 9.17) is 11.6 Å². The van der Waals surface area contributed by atoms with Crippen molar-refractivity contribution in [3.63, 3.8) is 0 Å². The van der Waals surface area contributed by atoms with Crippen LogP contribution in [0.25, 0.3) is 0 Å². The first-order chi connectivity index (χ1) is 16.0. The molecule has 5 nitrogen and oxygen atoms in total. The van der Waals surface area contributed by atoms with E-state index in [1.807, 2.05) is 0 Å². The Balaban J connectivity index is 1.52. The Bertz CT molecular complexity index is 1250. The lowest BCUT2D eigenvalue weighted by Gasteiger charge is -2.20. The number of hydrogen-bond acceptors (Lipinski definition) is 4. The van der Waals surface area contributed by atoms with Crippen molar-refractivity contribution in [2.75, 3.05) is 23.3 Å². The summed E-state index contributed by atoms with van der Waals surface area (Å²) < 4.78 is 13.6. The van der Waals surface area contributed by atoms with Gasteiger partial charge in [0.05, 0.1) is 5.71 Å². The molecule has 0 saturated heterocycles. The van der Waals surface area contributed by atoms with Crippen molar-refractivity contribution in [1.29, 1.82) is 0 Å². The molecule has 0 saturated carbocycles. The van der Waals surface area contributed by atoms with Crippen LogP contribution < -0.4 is 10.2 Å². The highest BCUT2D eigenvalue weighted by Crippen LogP contribution is 2.42. The fraction of sp³-hybridized carbons (Fsp3) is 0.240. The smallest absolute Gasteiger partial charge is 0.249 e. The fourth-order valence-electron chi connectivity index (χ4n) is 4.29. The molecule has 0 radical (unpaired) electrons. The van der Waals surface area contributed by atoms with Crippen LogP contribution in [0.5, 0.6) is 0 Å². The Labute approximate surface area is 199 Å². The van der Waals surface area contributed by atoms with Crippen LogP contribution >= 0.6 is 22.9 Å². The molecule has 0 atom stereocenters. The molecule has 2 amide bonds. The van der Waals surface area contributed by atoms with E-state index in [9.17, 15) is 14.0 Å². The summed E-state index contributed by atoms with van der Waals surface area (Å²) in [4.78, 5) is 33.4. The second-order valence-corrected chi connectivity index (χ2v) is 9.62. The summed E-state index contributed by atoms with van der Waals surface area (Å²) in [6, 6.07) is 13.0. The van der Waals surface area contributed by atoms with E-state index in [0.29, 0.717) is 16.4 Å². The maximum Gasteiger partial charge on any atom is 0.249 e. The van der Waals surface area contributed by atoms with Crippen LogP contribution in [-0.4, -0.2) is 30.6 Å². The average Bonchev–Trinajstić information content (AvgIpc) is 3.13. The highest BCUT2D eigenvalue weighted by Gasteiger charge is 2.33. The molecule has 33 heavy (non-hydrogen) atoms. The third-order valence-electron chi connectivity index (χ3n) is 5.86. The zero-order valence-corrected chi connectivity index (χ0v) is 19.3. The van der Waals surface area contributed by atoms with E-state index in [2.05, 4.69) is 10.3 Å². The number of carbonyl (C=O) groups excluding carboxylic acids is 2. The summed E-state index contributed by atoms with van der Waals surface area (Å²) >= 11 is 7.49. The third kappa shape index (κ3) is 4.43. The molecule has 0 spiro atoms. The third-order valence-corrected chi connectivity index (χ3v) is 7.42. The van der Waals surface area contributed by atoms with Crippen LogP contribution in [0.15, 0.2) is 53.5 Å². The number of halogens is 2. The Morgan fingerprint density at radius 1 is 1.09 bits per heavy atom. The van der Waals surface area contributed by atoms with Gasteiger partial charge in [-0.05, 0) is 79.8 Å². The zero-order chi connectivity index (χ0) is 22.9. The van der Waals surface area contributed by atoms with Crippen LogP contribution in [0.4, 0.5) is 15.1 Å². The summed E-state index contributed by atoms with van der Waals surface area (Å²) in [5.41, 5.74) is 4.18. The second kappa shape index (κ2) is 9.08. The van der Waals surface area contributed by atoms with E-state index >= 15 is 0 Å². The van der Waals surface area contributed by atoms with Gasteiger partial charge in [-0.25, -0.2) is 4.39 Å². The van der Waals surface area contributed by atoms with Crippen molar-refractivity contribution in [2.45, 2.75) is 25.7 Å². The van der Waals surface area contributed by atoms with Crippen LogP contribution in [-0.2, 0) is 22.4 Å². The Kier molecular flexibility index (Phi) is 6.00. The summed E-state index contributed by atoms with van der Waals surface area (Å²) in [5.74, 6) is -0.858. The molecule has 1 N–H and O–H groups in total. The first kappa shape index (κ1) is 21.8. The van der Waals surface area contributed by atoms with Crippen molar-refractivity contribution >= 4 is 51.2 Å². The minimum absolute atomic E-state index is 0.0723. The first-order valence-electron chi connectivity index (χ1n) is 10.8. The van der Waals surface area contributed by atoms with Crippen LogP contribution in [0.2, 0.25) is 5.02 Å². The second-order valence-electron chi connectivity index (χ2n) is 8.10. The minimum atomic E-state index is -0.322. The predicted octanol–water partition coefficient (Wildman–Crippen LogP) is 5.24. The molecule has 2 aliphatic rings. The number of anilines is 2. The standard InChI is InChI=1S/C25H21ClFN3O2S/c26-16-7-11-18(12-8-16)29-21(31)14-30-22(32)13-28-24(15-5-9-17(27)10-6-15)23-19-3-1-2-4-20(19)33-25(23)30/h5-12H,1-4,13-14H2,(H,29,31). The van der Waals surface area contributed by atoms with E-state index in [1.54, 1.807) is 52.6 Å². The zero-order valence-electron chi connectivity index (χ0n) is 17.7. The van der Waals surface area contributed by atoms with Gasteiger partial charge >= 0.3 is 0 Å². The maximum absolute atomic E-state index is 13.6. The van der Waals surface area contributed by atoms with Gasteiger partial charge in [0.15, 0.2) is 0 Å². The van der Waals surface area contributed by atoms with Gasteiger partial charge in [-0.2, -0.15) is 0 Å². The summed E-state index contributed by atoms with van der Waals surface area (Å²) in [6.45, 7) is -0.183. The average molecular weight is 482 g/mol. The van der Waals surface area contributed by atoms with Crippen LogP contribution in [0.3, 0.4) is 0 Å². The van der Waals surface area contributed by atoms with Gasteiger partial charge < -0.3 is 5.32 Å². The molecule has 168 valence electrons. The van der Waals surface area contributed by atoms with Gasteiger partial charge in [0, 0.05) is 26.7 Å². The SMILES string of the molecule is O=C(CN1C(=O)CN=C(c2ccc(F)cc2)c2c1sc1c2CCCC1)Nc1ccc(Cl)cc1. The summed E-state index contributed by atoms with van der Waals surface area (Å²) in [7, 11) is 0. The first-order valence-corrected chi connectivity index (χ1v) is 12.0. The molecule has 3 aromatic rings. The molecule has 5 rings (SSSR count). The van der Waals surface area contributed by atoms with Gasteiger partial charge in [-0.1, -0.05) is 11.6 Å². The number of carbonyl (C=O) groups is 2. The number of hydrogen-bond donors (Lipinski definition) is 1. The largest absolute Gasteiger partial charge is 0.325 e. The molecule has 2 aromatic carbocycles. The number of rotatable bonds is 4. The Morgan fingerprint density at radius 3 is 2.58 bits per heavy atom. The predicted molar refractivity (Wildman–Crippen MR) is 130 cm³/mol. The quantitative estimate of drug-likeness (QED) is 0.553. The number of amides is 2. The number of aliphatic imine (C=N–C) groups is 1. The Morgan fingerprint density at radius 2 is 1.82 bits per heavy atom. The number of fused-ring (bicyclic) bond motifs is 3. The van der Waals surface area contributed by atoms with Gasteiger partial charge in [-0.15, -0.1) is 11.3 Å². The number of benzene rings is 2. The number of nitrogens with one attached hydrogen (secondary N) is 1. The monoisotopic (exact) mass is 481 g/mol. The summed E-state index contributed by atoms with van der Waals surface area (Å²) in [6.07, 6.45) is 4.02. The molecule has 0 fully saturated rings. The highest BCUT2D eigenvalue weighted by molar-refractivity contribution is 7.17. The van der Waals surface area contributed by atoms with Crippen molar-refractivity contribution in [1.82, 2.24) is 0 Å². The Hall–Kier alpha value is -3.03. The van der Waals surface area contributed by atoms with Gasteiger partial charge in [0.25, 0.3) is 0 Å².